The van der Waals surface area contributed by atoms with Gasteiger partial charge in [-0.25, -0.2) is 4.79 Å². The van der Waals surface area contributed by atoms with Gasteiger partial charge < -0.3 is 14.8 Å². The van der Waals surface area contributed by atoms with Gasteiger partial charge >= 0.3 is 5.97 Å². The van der Waals surface area contributed by atoms with Crippen molar-refractivity contribution in [1.29, 1.82) is 0 Å². The van der Waals surface area contributed by atoms with Crippen LogP contribution in [0.4, 0.5) is 5.69 Å². The van der Waals surface area contributed by atoms with E-state index in [0.717, 1.165) is 17.2 Å². The van der Waals surface area contributed by atoms with Crippen molar-refractivity contribution >= 4 is 23.6 Å². The topological polar surface area (TPSA) is 79.5 Å². The summed E-state index contributed by atoms with van der Waals surface area (Å²) in [4.78, 5) is 22.5. The summed E-state index contributed by atoms with van der Waals surface area (Å²) < 4.78 is 5.26. The zero-order chi connectivity index (χ0) is 15.4. The van der Waals surface area contributed by atoms with Gasteiger partial charge in [-0.05, 0) is 55.3 Å². The Morgan fingerprint density at radius 1 is 1.19 bits per heavy atom. The number of anilines is 1. The molecule has 1 aromatic heterocycles. The second-order valence-electron chi connectivity index (χ2n) is 4.61. The van der Waals surface area contributed by atoms with Crippen molar-refractivity contribution in [2.75, 3.05) is 5.32 Å². The van der Waals surface area contributed by atoms with E-state index in [-0.39, 0.29) is 11.7 Å². The molecule has 5 nitrogen and oxygen atoms in total. The van der Waals surface area contributed by atoms with Crippen LogP contribution in [0.25, 0.3) is 6.08 Å². The Balaban J connectivity index is 2.14. The van der Waals surface area contributed by atoms with Crippen molar-refractivity contribution in [2.45, 2.75) is 13.8 Å². The molecule has 108 valence electrons. The van der Waals surface area contributed by atoms with Gasteiger partial charge in [0, 0.05) is 11.8 Å². The minimum atomic E-state index is -1.00. The molecular weight excluding hydrogens is 270 g/mol. The van der Waals surface area contributed by atoms with Gasteiger partial charge in [0.2, 0.25) is 0 Å². The molecule has 21 heavy (non-hydrogen) atoms. The Bertz CT molecular complexity index is 713. The van der Waals surface area contributed by atoms with Crippen molar-refractivity contribution in [2.24, 2.45) is 0 Å². The number of carbonyl (C=O) groups excluding carboxylic acids is 1. The van der Waals surface area contributed by atoms with Gasteiger partial charge in [-0.15, -0.1) is 0 Å². The van der Waals surface area contributed by atoms with E-state index in [4.69, 9.17) is 9.52 Å². The second-order valence-corrected chi connectivity index (χ2v) is 4.61. The lowest BCUT2D eigenvalue weighted by Crippen LogP contribution is -2.11. The van der Waals surface area contributed by atoms with Gasteiger partial charge in [0.25, 0.3) is 5.91 Å². The fourth-order valence-electron chi connectivity index (χ4n) is 1.84. The number of nitrogens with one attached hydrogen (secondary N) is 1. The van der Waals surface area contributed by atoms with Crippen LogP contribution in [0.5, 0.6) is 0 Å². The molecule has 0 atom stereocenters. The highest BCUT2D eigenvalue weighted by Crippen LogP contribution is 2.19. The first kappa shape index (κ1) is 14.6. The number of furan rings is 1. The van der Waals surface area contributed by atoms with Crippen LogP contribution in [0.15, 0.2) is 40.8 Å². The molecule has 0 aliphatic heterocycles. The molecule has 1 aromatic carbocycles. The molecule has 0 aliphatic carbocycles. The highest BCUT2D eigenvalue weighted by molar-refractivity contribution is 6.02. The standard InChI is InChI=1S/C16H15NO4/c1-10-9-12(5-8-15(18)19)4-6-13(10)17-16(20)14-7-3-11(2)21-14/h3-9H,1-2H3,(H,17,20)(H,18,19). The number of carboxylic acids is 1. The fourth-order valence-corrected chi connectivity index (χ4v) is 1.84. The smallest absolute Gasteiger partial charge is 0.328 e. The average molecular weight is 285 g/mol. The van der Waals surface area contributed by atoms with Crippen LogP contribution in [0.3, 0.4) is 0 Å². The summed E-state index contributed by atoms with van der Waals surface area (Å²) >= 11 is 0. The van der Waals surface area contributed by atoms with Crippen molar-refractivity contribution in [3.8, 4) is 0 Å². The summed E-state index contributed by atoms with van der Waals surface area (Å²) in [5, 5.41) is 11.4. The summed E-state index contributed by atoms with van der Waals surface area (Å²) in [7, 11) is 0. The number of aryl methyl sites for hydroxylation is 2. The fraction of sp³-hybridized carbons (Fsp3) is 0.125. The molecular formula is C16H15NO4. The molecule has 0 saturated carbocycles. The molecule has 0 spiro atoms. The number of carbonyl (C=O) groups is 2. The van der Waals surface area contributed by atoms with Gasteiger partial charge in [0.1, 0.15) is 5.76 Å². The van der Waals surface area contributed by atoms with E-state index in [9.17, 15) is 9.59 Å². The SMILES string of the molecule is Cc1ccc(C(=O)Nc2ccc(C=CC(=O)O)cc2C)o1. The van der Waals surface area contributed by atoms with E-state index in [1.807, 2.05) is 6.92 Å². The number of hydrogen-bond donors (Lipinski definition) is 2. The maximum absolute atomic E-state index is 12.0. The van der Waals surface area contributed by atoms with Crippen molar-refractivity contribution < 1.29 is 19.1 Å². The maximum atomic E-state index is 12.0. The average Bonchev–Trinajstić information content (AvgIpc) is 2.86. The lowest BCUT2D eigenvalue weighted by Gasteiger charge is -2.08. The second kappa shape index (κ2) is 6.09. The summed E-state index contributed by atoms with van der Waals surface area (Å²) in [6.45, 7) is 3.60. The Morgan fingerprint density at radius 2 is 1.95 bits per heavy atom. The Morgan fingerprint density at radius 3 is 2.52 bits per heavy atom. The van der Waals surface area contributed by atoms with Crippen molar-refractivity contribution in [3.05, 3.63) is 59.1 Å². The van der Waals surface area contributed by atoms with Crippen LogP contribution in [-0.4, -0.2) is 17.0 Å². The predicted octanol–water partition coefficient (Wildman–Crippen LogP) is 3.25. The molecule has 0 unspecified atom stereocenters. The Labute approximate surface area is 121 Å². The monoisotopic (exact) mass is 285 g/mol. The van der Waals surface area contributed by atoms with Crippen LogP contribution in [-0.2, 0) is 4.79 Å². The lowest BCUT2D eigenvalue weighted by molar-refractivity contribution is -0.131. The molecule has 1 heterocycles. The van der Waals surface area contributed by atoms with E-state index in [1.54, 1.807) is 37.3 Å². The number of carboxylic acid groups (broad SMARTS) is 1. The van der Waals surface area contributed by atoms with E-state index in [2.05, 4.69) is 5.32 Å². The molecule has 5 heteroatoms. The van der Waals surface area contributed by atoms with Gasteiger partial charge in [0.15, 0.2) is 5.76 Å². The zero-order valence-corrected chi connectivity index (χ0v) is 11.7. The molecule has 0 bridgehead atoms. The minimum Gasteiger partial charge on any atom is -0.478 e. The number of benzene rings is 1. The highest BCUT2D eigenvalue weighted by Gasteiger charge is 2.11. The van der Waals surface area contributed by atoms with Crippen molar-refractivity contribution in [3.63, 3.8) is 0 Å². The number of rotatable bonds is 4. The molecule has 0 radical (unpaired) electrons. The summed E-state index contributed by atoms with van der Waals surface area (Å²) in [6, 6.07) is 8.59. The van der Waals surface area contributed by atoms with Crippen molar-refractivity contribution in [1.82, 2.24) is 0 Å². The van der Waals surface area contributed by atoms with Gasteiger partial charge in [-0.3, -0.25) is 4.79 Å². The van der Waals surface area contributed by atoms with Gasteiger partial charge in [-0.2, -0.15) is 0 Å². The highest BCUT2D eigenvalue weighted by atomic mass is 16.4. The first-order valence-electron chi connectivity index (χ1n) is 6.35. The van der Waals surface area contributed by atoms with Crippen LogP contribution >= 0.6 is 0 Å². The third-order valence-corrected chi connectivity index (χ3v) is 2.88. The Hall–Kier alpha value is -2.82. The number of amides is 1. The van der Waals surface area contributed by atoms with Gasteiger partial charge in [0.05, 0.1) is 0 Å². The molecule has 0 saturated heterocycles. The minimum absolute atomic E-state index is 0.252. The van der Waals surface area contributed by atoms with Gasteiger partial charge in [-0.1, -0.05) is 6.07 Å². The zero-order valence-electron chi connectivity index (χ0n) is 11.7. The van der Waals surface area contributed by atoms with E-state index in [0.29, 0.717) is 11.4 Å². The summed E-state index contributed by atoms with van der Waals surface area (Å²) in [6.07, 6.45) is 2.56. The summed E-state index contributed by atoms with van der Waals surface area (Å²) in [5.41, 5.74) is 2.24. The summed E-state index contributed by atoms with van der Waals surface area (Å²) in [5.74, 6) is -0.397. The normalized spacial score (nSPS) is 10.8. The van der Waals surface area contributed by atoms with Crippen LogP contribution in [0.2, 0.25) is 0 Å². The van der Waals surface area contributed by atoms with Crippen LogP contribution < -0.4 is 5.32 Å². The number of hydrogen-bond acceptors (Lipinski definition) is 3. The third kappa shape index (κ3) is 3.82. The Kier molecular flexibility index (Phi) is 4.23. The largest absolute Gasteiger partial charge is 0.478 e. The molecule has 0 fully saturated rings. The van der Waals surface area contributed by atoms with Crippen LogP contribution in [0, 0.1) is 13.8 Å². The molecule has 1 amide bonds. The van der Waals surface area contributed by atoms with E-state index >= 15 is 0 Å². The predicted molar refractivity (Wildman–Crippen MR) is 79.2 cm³/mol. The quantitative estimate of drug-likeness (QED) is 0.845. The van der Waals surface area contributed by atoms with Crippen LogP contribution in [0.1, 0.15) is 27.4 Å². The third-order valence-electron chi connectivity index (χ3n) is 2.88. The lowest BCUT2D eigenvalue weighted by atomic mass is 10.1. The molecule has 2 rings (SSSR count). The molecule has 2 N–H and O–H groups in total. The van der Waals surface area contributed by atoms with E-state index < -0.39 is 5.97 Å². The number of aliphatic carboxylic acids is 1. The first-order chi connectivity index (χ1) is 9.95. The molecule has 2 aromatic rings. The van der Waals surface area contributed by atoms with E-state index in [1.165, 1.54) is 6.08 Å². The molecule has 0 aliphatic rings. The first-order valence-corrected chi connectivity index (χ1v) is 6.35. The maximum Gasteiger partial charge on any atom is 0.328 e.